The van der Waals surface area contributed by atoms with Crippen molar-refractivity contribution < 1.29 is 9.47 Å². The molecule has 0 fully saturated rings. The van der Waals surface area contributed by atoms with Gasteiger partial charge in [0.25, 0.3) is 0 Å². The number of thioether (sulfide) groups is 1. The molecule has 9 heteroatoms. The van der Waals surface area contributed by atoms with Crippen LogP contribution in [0.3, 0.4) is 0 Å². The minimum atomic E-state index is 0.422. The number of allylic oxidation sites excluding steroid dienone is 1. The van der Waals surface area contributed by atoms with Crippen molar-refractivity contribution in [3.05, 3.63) is 82.3 Å². The maximum atomic E-state index is 5.91. The molecule has 4 aromatic rings. The van der Waals surface area contributed by atoms with Crippen LogP contribution in [0.1, 0.15) is 10.7 Å². The fourth-order valence-electron chi connectivity index (χ4n) is 2.94. The average molecular weight is 485 g/mol. The lowest BCUT2D eigenvalue weighted by atomic mass is 10.2. The SMILES string of the molecule is C=CCn1c(SCc2csc(COc3ccc(Cl)cc3)n2)nnc1-c1ccc(OC)cc1. The van der Waals surface area contributed by atoms with Crippen molar-refractivity contribution in [3.63, 3.8) is 0 Å². The molecule has 0 aliphatic rings. The molecule has 0 bridgehead atoms. The summed E-state index contributed by atoms with van der Waals surface area (Å²) in [7, 11) is 1.65. The second kappa shape index (κ2) is 10.7. The molecule has 0 unspecified atom stereocenters. The molecule has 2 aromatic heterocycles. The van der Waals surface area contributed by atoms with Gasteiger partial charge in [-0.05, 0) is 48.5 Å². The minimum Gasteiger partial charge on any atom is -0.497 e. The van der Waals surface area contributed by atoms with Crippen LogP contribution >= 0.6 is 34.7 Å². The summed E-state index contributed by atoms with van der Waals surface area (Å²) in [5.74, 6) is 3.06. The zero-order valence-electron chi connectivity index (χ0n) is 17.4. The molecule has 6 nitrogen and oxygen atoms in total. The van der Waals surface area contributed by atoms with Crippen LogP contribution in [0.15, 0.2) is 71.7 Å². The molecule has 164 valence electrons. The van der Waals surface area contributed by atoms with Crippen LogP contribution in [-0.2, 0) is 18.9 Å². The first-order valence-electron chi connectivity index (χ1n) is 9.79. The Kier molecular flexibility index (Phi) is 7.47. The predicted molar refractivity (Wildman–Crippen MR) is 130 cm³/mol. The Labute approximate surface area is 199 Å². The zero-order valence-corrected chi connectivity index (χ0v) is 19.8. The van der Waals surface area contributed by atoms with Gasteiger partial charge < -0.3 is 9.47 Å². The largest absolute Gasteiger partial charge is 0.497 e. The van der Waals surface area contributed by atoms with E-state index >= 15 is 0 Å². The molecule has 0 atom stereocenters. The second-order valence-electron chi connectivity index (χ2n) is 6.70. The molecular formula is C23H21ClN4O2S2. The van der Waals surface area contributed by atoms with Gasteiger partial charge in [0.1, 0.15) is 23.1 Å². The van der Waals surface area contributed by atoms with E-state index in [9.17, 15) is 0 Å². The molecule has 32 heavy (non-hydrogen) atoms. The fourth-order valence-corrected chi connectivity index (χ4v) is 4.72. The third-order valence-corrected chi connectivity index (χ3v) is 6.62. The molecule has 0 N–H and O–H groups in total. The Morgan fingerprint density at radius 2 is 1.84 bits per heavy atom. The highest BCUT2D eigenvalue weighted by Crippen LogP contribution is 2.28. The van der Waals surface area contributed by atoms with E-state index in [2.05, 4.69) is 26.3 Å². The molecule has 0 aliphatic carbocycles. The molecule has 0 saturated carbocycles. The average Bonchev–Trinajstić information content (AvgIpc) is 3.44. The smallest absolute Gasteiger partial charge is 0.192 e. The van der Waals surface area contributed by atoms with Crippen LogP contribution in [0.2, 0.25) is 5.02 Å². The minimum absolute atomic E-state index is 0.422. The van der Waals surface area contributed by atoms with E-state index in [-0.39, 0.29) is 0 Å². The quantitative estimate of drug-likeness (QED) is 0.199. The Hall–Kier alpha value is -2.81. The summed E-state index contributed by atoms with van der Waals surface area (Å²) >= 11 is 9.09. The number of hydrogen-bond donors (Lipinski definition) is 0. The molecule has 0 saturated heterocycles. The van der Waals surface area contributed by atoms with Gasteiger partial charge in [-0.25, -0.2) is 4.98 Å². The topological polar surface area (TPSA) is 62.1 Å². The highest BCUT2D eigenvalue weighted by atomic mass is 35.5. The third kappa shape index (κ3) is 5.51. The van der Waals surface area contributed by atoms with Gasteiger partial charge in [0.05, 0.1) is 12.8 Å². The van der Waals surface area contributed by atoms with Crippen LogP contribution in [-0.4, -0.2) is 26.9 Å². The first-order chi connectivity index (χ1) is 15.7. The second-order valence-corrected chi connectivity index (χ2v) is 9.02. The Balaban J connectivity index is 1.40. The third-order valence-electron chi connectivity index (χ3n) is 4.50. The van der Waals surface area contributed by atoms with Gasteiger partial charge >= 0.3 is 0 Å². The summed E-state index contributed by atoms with van der Waals surface area (Å²) < 4.78 is 13.1. The highest BCUT2D eigenvalue weighted by molar-refractivity contribution is 7.98. The normalized spacial score (nSPS) is 10.8. The maximum Gasteiger partial charge on any atom is 0.192 e. The Morgan fingerprint density at radius 3 is 2.56 bits per heavy atom. The number of halogens is 1. The summed E-state index contributed by atoms with van der Waals surface area (Å²) in [4.78, 5) is 4.67. The van der Waals surface area contributed by atoms with Crippen molar-refractivity contribution >= 4 is 34.7 Å². The summed E-state index contributed by atoms with van der Waals surface area (Å²) in [5.41, 5.74) is 1.95. The molecule has 4 rings (SSSR count). The first kappa shape index (κ1) is 22.4. The van der Waals surface area contributed by atoms with Gasteiger partial charge in [-0.3, -0.25) is 4.57 Å². The monoisotopic (exact) mass is 484 g/mol. The summed E-state index contributed by atoms with van der Waals surface area (Å²) in [6.45, 7) is 4.91. The number of ether oxygens (including phenoxy) is 2. The molecule has 0 spiro atoms. The summed E-state index contributed by atoms with van der Waals surface area (Å²) in [6, 6.07) is 15.1. The van der Waals surface area contributed by atoms with Gasteiger partial charge in [-0.1, -0.05) is 29.4 Å². The van der Waals surface area contributed by atoms with Crippen molar-refractivity contribution in [2.75, 3.05) is 7.11 Å². The van der Waals surface area contributed by atoms with Crippen LogP contribution in [0.5, 0.6) is 11.5 Å². The highest BCUT2D eigenvalue weighted by Gasteiger charge is 2.14. The van der Waals surface area contributed by atoms with E-state index in [1.165, 1.54) is 0 Å². The van der Waals surface area contributed by atoms with Gasteiger partial charge in [0.2, 0.25) is 0 Å². The Morgan fingerprint density at radius 1 is 1.09 bits per heavy atom. The molecule has 2 aromatic carbocycles. The van der Waals surface area contributed by atoms with E-state index in [4.69, 9.17) is 21.1 Å². The molecule has 0 aliphatic heterocycles. The van der Waals surface area contributed by atoms with Gasteiger partial charge in [0, 0.05) is 28.3 Å². The standard InChI is InChI=1S/C23H21ClN4O2S2/c1-3-12-28-22(16-4-8-19(29-2)9-5-16)26-27-23(28)32-15-18-14-31-21(25-18)13-30-20-10-6-17(24)7-11-20/h3-11,14H,1,12-13,15H2,2H3. The number of methoxy groups -OCH3 is 1. The lowest BCUT2D eigenvalue weighted by Gasteiger charge is -2.08. The number of aromatic nitrogens is 4. The predicted octanol–water partition coefficient (Wildman–Crippen LogP) is 6.12. The van der Waals surface area contributed by atoms with Crippen LogP contribution in [0.25, 0.3) is 11.4 Å². The van der Waals surface area contributed by atoms with Gasteiger partial charge in [0.15, 0.2) is 11.0 Å². The zero-order chi connectivity index (χ0) is 22.3. The van der Waals surface area contributed by atoms with Crippen molar-refractivity contribution in [2.45, 2.75) is 24.1 Å². The summed E-state index contributed by atoms with van der Waals surface area (Å²) in [6.07, 6.45) is 1.84. The van der Waals surface area contributed by atoms with Gasteiger partial charge in [-0.15, -0.1) is 28.1 Å². The van der Waals surface area contributed by atoms with Crippen LogP contribution in [0, 0.1) is 0 Å². The lowest BCUT2D eigenvalue weighted by molar-refractivity contribution is 0.305. The lowest BCUT2D eigenvalue weighted by Crippen LogP contribution is -2.01. The van der Waals surface area contributed by atoms with Crippen molar-refractivity contribution in [2.24, 2.45) is 0 Å². The number of nitrogens with zero attached hydrogens (tertiary/aromatic N) is 4. The number of benzene rings is 2. The fraction of sp³-hybridized carbons (Fsp3) is 0.174. The van der Waals surface area contributed by atoms with Crippen LogP contribution in [0.4, 0.5) is 0 Å². The molecule has 2 heterocycles. The number of thiazole rings is 1. The van der Waals surface area contributed by atoms with Crippen molar-refractivity contribution in [1.82, 2.24) is 19.7 Å². The van der Waals surface area contributed by atoms with E-state index in [1.54, 1.807) is 42.3 Å². The number of rotatable bonds is 10. The Bertz CT molecular complexity index is 1170. The molecule has 0 radical (unpaired) electrons. The molecular weight excluding hydrogens is 464 g/mol. The molecule has 0 amide bonds. The first-order valence-corrected chi connectivity index (χ1v) is 12.0. The van der Waals surface area contributed by atoms with E-state index in [1.807, 2.05) is 47.9 Å². The van der Waals surface area contributed by atoms with Crippen molar-refractivity contribution in [3.8, 4) is 22.9 Å². The maximum absolute atomic E-state index is 5.91. The van der Waals surface area contributed by atoms with E-state index < -0.39 is 0 Å². The van der Waals surface area contributed by atoms with Gasteiger partial charge in [-0.2, -0.15) is 0 Å². The van der Waals surface area contributed by atoms with E-state index in [0.717, 1.165) is 38.7 Å². The van der Waals surface area contributed by atoms with Crippen LogP contribution < -0.4 is 9.47 Å². The van der Waals surface area contributed by atoms with Crippen molar-refractivity contribution in [1.29, 1.82) is 0 Å². The van der Waals surface area contributed by atoms with E-state index in [0.29, 0.717) is 23.9 Å². The summed E-state index contributed by atoms with van der Waals surface area (Å²) in [5, 5.41) is 13.3. The number of hydrogen-bond acceptors (Lipinski definition) is 7.